The number of hydrogen-bond acceptors (Lipinski definition) is 7. The van der Waals surface area contributed by atoms with E-state index in [0.717, 1.165) is 96.7 Å². The summed E-state index contributed by atoms with van der Waals surface area (Å²) in [7, 11) is 0. The second kappa shape index (κ2) is 17.1. The van der Waals surface area contributed by atoms with Crippen LogP contribution in [0.25, 0.3) is 21.9 Å². The molecule has 0 spiro atoms. The molecule has 7 heteroatoms. The minimum absolute atomic E-state index is 0.0709. The zero-order chi connectivity index (χ0) is 45.1. The summed E-state index contributed by atoms with van der Waals surface area (Å²) >= 11 is 0. The Bertz CT molecular complexity index is 2360. The van der Waals surface area contributed by atoms with Crippen LogP contribution in [-0.2, 0) is 23.7 Å². The van der Waals surface area contributed by atoms with Crippen molar-refractivity contribution < 1.29 is 23.0 Å². The van der Waals surface area contributed by atoms with Crippen molar-refractivity contribution in [1.29, 1.82) is 0 Å². The molecule has 3 aliphatic rings. The Kier molecular flexibility index (Phi) is 12.4. The fourth-order valence-corrected chi connectivity index (χ4v) is 10.3. The maximum atomic E-state index is 6.99. The molecule has 2 aromatic heterocycles. The van der Waals surface area contributed by atoms with E-state index in [1.807, 2.05) is 0 Å². The zero-order valence-corrected chi connectivity index (χ0v) is 40.9. The molecule has 2 aliphatic carbocycles. The monoisotopic (exact) mass is 859 g/mol. The average Bonchev–Trinajstić information content (AvgIpc) is 3.91. The van der Waals surface area contributed by atoms with Gasteiger partial charge in [0.15, 0.2) is 0 Å². The second-order valence-corrected chi connectivity index (χ2v) is 23.9. The Morgan fingerprint density at radius 1 is 0.635 bits per heavy atom. The normalized spacial score (nSPS) is 22.7. The summed E-state index contributed by atoms with van der Waals surface area (Å²) in [6.45, 7) is 29.4. The van der Waals surface area contributed by atoms with Gasteiger partial charge in [0, 0.05) is 62.7 Å². The van der Waals surface area contributed by atoms with Crippen LogP contribution in [0.1, 0.15) is 164 Å². The highest BCUT2D eigenvalue weighted by Crippen LogP contribution is 2.47. The van der Waals surface area contributed by atoms with E-state index >= 15 is 0 Å². The Morgan fingerprint density at radius 3 is 1.98 bits per heavy atom. The largest absolute Gasteiger partial charge is 0.491 e. The lowest BCUT2D eigenvalue weighted by Gasteiger charge is -2.40. The summed E-state index contributed by atoms with van der Waals surface area (Å²) in [4.78, 5) is 0. The molecule has 3 heterocycles. The summed E-state index contributed by atoms with van der Waals surface area (Å²) in [6, 6.07) is 25.3. The molecule has 2 atom stereocenters. The van der Waals surface area contributed by atoms with Crippen LogP contribution in [-0.4, -0.2) is 41.5 Å². The highest BCUT2D eigenvalue weighted by molar-refractivity contribution is 5.80. The topological polar surface area (TPSA) is 78.0 Å². The third-order valence-electron chi connectivity index (χ3n) is 14.3. The molecule has 2 fully saturated rings. The van der Waals surface area contributed by atoms with Gasteiger partial charge in [0.1, 0.15) is 52.1 Å². The molecule has 342 valence electrons. The fraction of sp³-hybridized carbons (Fsp3) is 0.607. The molecular formula is C56H78N2O5. The van der Waals surface area contributed by atoms with Crippen molar-refractivity contribution in [3.8, 4) is 17.2 Å². The maximum absolute atomic E-state index is 6.99. The van der Waals surface area contributed by atoms with Crippen molar-refractivity contribution in [1.82, 2.24) is 10.6 Å². The Balaban J connectivity index is 0.984. The molecule has 1 aliphatic heterocycles. The van der Waals surface area contributed by atoms with Gasteiger partial charge in [-0.25, -0.2) is 0 Å². The van der Waals surface area contributed by atoms with Crippen LogP contribution >= 0.6 is 0 Å². The number of fused-ring (bicyclic) bond motifs is 3. The van der Waals surface area contributed by atoms with Gasteiger partial charge in [0.2, 0.25) is 0 Å². The van der Waals surface area contributed by atoms with Crippen molar-refractivity contribution in [2.45, 2.75) is 207 Å². The van der Waals surface area contributed by atoms with Crippen LogP contribution in [0.5, 0.6) is 17.2 Å². The number of nitrogens with one attached hydrogen (secondary N) is 2. The smallest absolute Gasteiger partial charge is 0.134 e. The van der Waals surface area contributed by atoms with Gasteiger partial charge in [-0.05, 0) is 173 Å². The van der Waals surface area contributed by atoms with E-state index in [1.54, 1.807) is 0 Å². The molecule has 0 radical (unpaired) electrons. The first-order chi connectivity index (χ1) is 29.5. The molecular weight excluding hydrogens is 781 g/mol. The lowest BCUT2D eigenvalue weighted by atomic mass is 9.69. The zero-order valence-electron chi connectivity index (χ0n) is 40.9. The molecule has 2 N–H and O–H groups in total. The highest BCUT2D eigenvalue weighted by Gasteiger charge is 2.41. The van der Waals surface area contributed by atoms with E-state index in [-0.39, 0.29) is 45.6 Å². The summed E-state index contributed by atoms with van der Waals surface area (Å²) in [6.07, 6.45) is 10.9. The van der Waals surface area contributed by atoms with Gasteiger partial charge in [-0.2, -0.15) is 0 Å². The standard InChI is InChI=1S/C56H78N2O5/c1-35(2)59-44-17-16-39-29-49(62-48(39)34-44)54(9,10)20-22-56(13,51-30-38-15-14-36(27-47(38)63-51)24-37-25-41(26-37)57-52(3,4)5)23-21-55(11,12)50-31-40-28-43(18-19-46(40)61-50)60-45-32-42(33-45)58-53(6,7)8/h14-19,27-28,30-31,34-35,37,41-42,45,49,57-58H,20-26,29,32-33H2,1-13H3. The number of rotatable bonds is 17. The van der Waals surface area contributed by atoms with Crippen LogP contribution in [0.15, 0.2) is 75.6 Å². The minimum Gasteiger partial charge on any atom is -0.491 e. The average molecular weight is 859 g/mol. The van der Waals surface area contributed by atoms with Crippen LogP contribution < -0.4 is 24.8 Å². The molecule has 2 unspecified atom stereocenters. The van der Waals surface area contributed by atoms with Gasteiger partial charge in [0.25, 0.3) is 0 Å². The van der Waals surface area contributed by atoms with Gasteiger partial charge in [-0.1, -0.05) is 52.8 Å². The van der Waals surface area contributed by atoms with Crippen molar-refractivity contribution in [3.05, 3.63) is 89.4 Å². The summed E-state index contributed by atoms with van der Waals surface area (Å²) in [5, 5.41) is 9.78. The quantitative estimate of drug-likeness (QED) is 0.0964. The van der Waals surface area contributed by atoms with Crippen molar-refractivity contribution in [3.63, 3.8) is 0 Å². The van der Waals surface area contributed by atoms with Gasteiger partial charge in [-0.15, -0.1) is 0 Å². The van der Waals surface area contributed by atoms with Crippen LogP contribution in [0.3, 0.4) is 0 Å². The third kappa shape index (κ3) is 11.0. The highest BCUT2D eigenvalue weighted by atomic mass is 16.5. The Labute approximate surface area is 378 Å². The van der Waals surface area contributed by atoms with E-state index in [0.29, 0.717) is 18.0 Å². The summed E-state index contributed by atoms with van der Waals surface area (Å²) < 4.78 is 32.8. The van der Waals surface area contributed by atoms with Crippen LogP contribution in [0.4, 0.5) is 0 Å². The number of hydrogen-bond donors (Lipinski definition) is 2. The van der Waals surface area contributed by atoms with Crippen LogP contribution in [0, 0.1) is 11.3 Å². The summed E-state index contributed by atoms with van der Waals surface area (Å²) in [5.74, 6) is 5.55. The number of furan rings is 2. The van der Waals surface area contributed by atoms with Gasteiger partial charge in [-0.3, -0.25) is 0 Å². The van der Waals surface area contributed by atoms with E-state index in [2.05, 4.69) is 167 Å². The Hall–Kier alpha value is -3.94. The molecule has 0 saturated heterocycles. The van der Waals surface area contributed by atoms with Crippen molar-refractivity contribution in [2.75, 3.05) is 0 Å². The fourth-order valence-electron chi connectivity index (χ4n) is 10.3. The first-order valence-electron chi connectivity index (χ1n) is 24.2. The third-order valence-corrected chi connectivity index (χ3v) is 14.3. The van der Waals surface area contributed by atoms with E-state index in [9.17, 15) is 0 Å². The molecule has 63 heavy (non-hydrogen) atoms. The van der Waals surface area contributed by atoms with Gasteiger partial charge in [0.05, 0.1) is 6.10 Å². The SMILES string of the molecule is CC(C)Oc1ccc2c(c1)OC(C(C)(C)CCC(C)(CCC(C)(C)c1cc3cc(OC4CC(NC(C)(C)C)C4)ccc3o1)c1cc3ccc(CC4CC(NC(C)(C)C)C4)cc3o1)C2. The predicted octanol–water partition coefficient (Wildman–Crippen LogP) is 13.8. The van der Waals surface area contributed by atoms with E-state index < -0.39 is 0 Å². The first-order valence-corrected chi connectivity index (χ1v) is 24.2. The van der Waals surface area contributed by atoms with Crippen molar-refractivity contribution >= 4 is 21.9 Å². The Morgan fingerprint density at radius 2 is 1.29 bits per heavy atom. The van der Waals surface area contributed by atoms with Crippen molar-refractivity contribution in [2.24, 2.45) is 11.3 Å². The second-order valence-electron chi connectivity index (χ2n) is 23.9. The molecule has 0 amide bonds. The molecule has 5 aromatic rings. The predicted molar refractivity (Wildman–Crippen MR) is 259 cm³/mol. The lowest BCUT2D eigenvalue weighted by molar-refractivity contribution is 0.0735. The molecule has 3 aromatic carbocycles. The van der Waals surface area contributed by atoms with Gasteiger partial charge >= 0.3 is 0 Å². The van der Waals surface area contributed by atoms with E-state index in [1.165, 1.54) is 29.4 Å². The molecule has 0 bridgehead atoms. The maximum Gasteiger partial charge on any atom is 0.134 e. The lowest BCUT2D eigenvalue weighted by Crippen LogP contribution is -2.53. The molecule has 7 nitrogen and oxygen atoms in total. The van der Waals surface area contributed by atoms with Gasteiger partial charge < -0.3 is 33.7 Å². The number of ether oxygens (including phenoxy) is 3. The van der Waals surface area contributed by atoms with Crippen LogP contribution in [0.2, 0.25) is 0 Å². The first kappa shape index (κ1) is 45.6. The molecule has 8 rings (SSSR count). The minimum atomic E-state index is -0.215. The summed E-state index contributed by atoms with van der Waals surface area (Å²) in [5.41, 5.74) is 4.34. The van der Waals surface area contributed by atoms with E-state index in [4.69, 9.17) is 23.0 Å². The number of benzene rings is 3. The molecule has 2 saturated carbocycles.